The molecule has 0 saturated heterocycles. The van der Waals surface area contributed by atoms with Crippen LogP contribution in [0.25, 0.3) is 10.9 Å². The SMILES string of the molecule is Cc1ccc(CC(=O)c2ccnc3ccccc23)cc1. The molecule has 0 atom stereocenters. The van der Waals surface area contributed by atoms with Crippen molar-refractivity contribution in [1.29, 1.82) is 0 Å². The van der Waals surface area contributed by atoms with Crippen LogP contribution in [-0.2, 0) is 6.42 Å². The summed E-state index contributed by atoms with van der Waals surface area (Å²) in [5.41, 5.74) is 3.86. The number of hydrogen-bond acceptors (Lipinski definition) is 2. The minimum Gasteiger partial charge on any atom is -0.294 e. The van der Waals surface area contributed by atoms with E-state index in [2.05, 4.69) is 4.98 Å². The minimum atomic E-state index is 0.132. The number of ketones is 1. The lowest BCUT2D eigenvalue weighted by atomic mass is 9.99. The average Bonchev–Trinajstić information content (AvgIpc) is 2.49. The highest BCUT2D eigenvalue weighted by atomic mass is 16.1. The molecule has 0 saturated carbocycles. The van der Waals surface area contributed by atoms with Gasteiger partial charge in [-0.25, -0.2) is 0 Å². The fourth-order valence-corrected chi connectivity index (χ4v) is 2.33. The number of aromatic nitrogens is 1. The topological polar surface area (TPSA) is 30.0 Å². The molecule has 0 spiro atoms. The summed E-state index contributed by atoms with van der Waals surface area (Å²) >= 11 is 0. The summed E-state index contributed by atoms with van der Waals surface area (Å²) in [5, 5.41) is 0.923. The Balaban J connectivity index is 1.94. The zero-order valence-electron chi connectivity index (χ0n) is 11.3. The van der Waals surface area contributed by atoms with Gasteiger partial charge in [0.1, 0.15) is 0 Å². The molecule has 0 amide bonds. The Morgan fingerprint density at radius 2 is 1.75 bits per heavy atom. The van der Waals surface area contributed by atoms with Crippen molar-refractivity contribution in [3.63, 3.8) is 0 Å². The molecule has 0 unspecified atom stereocenters. The van der Waals surface area contributed by atoms with E-state index in [1.165, 1.54) is 5.56 Å². The Hall–Kier alpha value is -2.48. The number of nitrogens with zero attached hydrogens (tertiary/aromatic N) is 1. The summed E-state index contributed by atoms with van der Waals surface area (Å²) in [6, 6.07) is 17.6. The first-order valence-corrected chi connectivity index (χ1v) is 6.66. The van der Waals surface area contributed by atoms with Crippen molar-refractivity contribution in [2.45, 2.75) is 13.3 Å². The largest absolute Gasteiger partial charge is 0.294 e. The molecule has 1 heterocycles. The number of rotatable bonds is 3. The number of fused-ring (bicyclic) bond motifs is 1. The van der Waals surface area contributed by atoms with E-state index in [4.69, 9.17) is 0 Å². The first kappa shape index (κ1) is 12.5. The molecule has 0 aliphatic rings. The zero-order valence-corrected chi connectivity index (χ0v) is 11.3. The Morgan fingerprint density at radius 1 is 1.00 bits per heavy atom. The standard InChI is InChI=1S/C18H15NO/c1-13-6-8-14(9-7-13)12-18(20)16-10-11-19-17-5-3-2-4-15(16)17/h2-11H,12H2,1H3. The fourth-order valence-electron chi connectivity index (χ4n) is 2.33. The van der Waals surface area contributed by atoms with Crippen molar-refractivity contribution in [2.24, 2.45) is 0 Å². The maximum Gasteiger partial charge on any atom is 0.167 e. The molecule has 2 aromatic carbocycles. The molecule has 0 fully saturated rings. The molecule has 0 aliphatic carbocycles. The van der Waals surface area contributed by atoms with Gasteiger partial charge in [0.15, 0.2) is 5.78 Å². The molecular formula is C18H15NO. The summed E-state index contributed by atoms with van der Waals surface area (Å²) in [5.74, 6) is 0.132. The third-order valence-electron chi connectivity index (χ3n) is 3.43. The number of carbonyl (C=O) groups is 1. The van der Waals surface area contributed by atoms with Gasteiger partial charge in [-0.1, -0.05) is 48.0 Å². The van der Waals surface area contributed by atoms with Gasteiger partial charge in [-0.3, -0.25) is 9.78 Å². The molecule has 20 heavy (non-hydrogen) atoms. The number of benzene rings is 2. The third-order valence-corrected chi connectivity index (χ3v) is 3.43. The number of carbonyl (C=O) groups excluding carboxylic acids is 1. The highest BCUT2D eigenvalue weighted by Gasteiger charge is 2.10. The van der Waals surface area contributed by atoms with Crippen LogP contribution in [0.2, 0.25) is 0 Å². The molecule has 2 nitrogen and oxygen atoms in total. The van der Waals surface area contributed by atoms with E-state index in [-0.39, 0.29) is 5.78 Å². The van der Waals surface area contributed by atoms with Crippen molar-refractivity contribution in [2.75, 3.05) is 0 Å². The van der Waals surface area contributed by atoms with Crippen molar-refractivity contribution in [1.82, 2.24) is 4.98 Å². The van der Waals surface area contributed by atoms with Gasteiger partial charge >= 0.3 is 0 Å². The van der Waals surface area contributed by atoms with E-state index in [0.717, 1.165) is 22.0 Å². The van der Waals surface area contributed by atoms with Crippen LogP contribution >= 0.6 is 0 Å². The van der Waals surface area contributed by atoms with E-state index in [0.29, 0.717) is 6.42 Å². The molecular weight excluding hydrogens is 246 g/mol. The summed E-state index contributed by atoms with van der Waals surface area (Å²) in [4.78, 5) is 16.8. The molecule has 1 aromatic heterocycles. The smallest absolute Gasteiger partial charge is 0.167 e. The summed E-state index contributed by atoms with van der Waals surface area (Å²) in [6.07, 6.45) is 2.12. The number of para-hydroxylation sites is 1. The summed E-state index contributed by atoms with van der Waals surface area (Å²) in [6.45, 7) is 2.04. The highest BCUT2D eigenvalue weighted by molar-refractivity contribution is 6.07. The Morgan fingerprint density at radius 3 is 2.55 bits per heavy atom. The lowest BCUT2D eigenvalue weighted by Crippen LogP contribution is -2.04. The first-order chi connectivity index (χ1) is 9.74. The molecule has 3 aromatic rings. The molecule has 98 valence electrons. The summed E-state index contributed by atoms with van der Waals surface area (Å²) < 4.78 is 0. The average molecular weight is 261 g/mol. The Bertz CT molecular complexity index is 754. The van der Waals surface area contributed by atoms with Gasteiger partial charge < -0.3 is 0 Å². The molecule has 0 bridgehead atoms. The highest BCUT2D eigenvalue weighted by Crippen LogP contribution is 2.18. The number of pyridine rings is 1. The molecule has 0 aliphatic heterocycles. The monoisotopic (exact) mass is 261 g/mol. The lowest BCUT2D eigenvalue weighted by molar-refractivity contribution is 0.0994. The van der Waals surface area contributed by atoms with Crippen LogP contribution in [0.1, 0.15) is 21.5 Å². The quantitative estimate of drug-likeness (QED) is 0.668. The number of Topliss-reactive ketones (excluding diaryl/α,β-unsaturated/α-hetero) is 1. The lowest BCUT2D eigenvalue weighted by Gasteiger charge is -2.05. The van der Waals surface area contributed by atoms with Crippen molar-refractivity contribution < 1.29 is 4.79 Å². The normalized spacial score (nSPS) is 10.7. The zero-order chi connectivity index (χ0) is 13.9. The van der Waals surface area contributed by atoms with Crippen LogP contribution in [0, 0.1) is 6.92 Å². The Labute approximate surface area is 118 Å². The van der Waals surface area contributed by atoms with Crippen molar-refractivity contribution >= 4 is 16.7 Å². The molecule has 2 heteroatoms. The maximum atomic E-state index is 12.5. The molecule has 3 rings (SSSR count). The number of hydrogen-bond donors (Lipinski definition) is 0. The van der Waals surface area contributed by atoms with Gasteiger partial charge in [-0.2, -0.15) is 0 Å². The van der Waals surface area contributed by atoms with Crippen LogP contribution in [0.15, 0.2) is 60.8 Å². The second kappa shape index (κ2) is 5.25. The van der Waals surface area contributed by atoms with E-state index >= 15 is 0 Å². The van der Waals surface area contributed by atoms with Gasteiger partial charge in [-0.05, 0) is 24.6 Å². The predicted octanol–water partition coefficient (Wildman–Crippen LogP) is 3.97. The minimum absolute atomic E-state index is 0.132. The molecule has 0 N–H and O–H groups in total. The van der Waals surface area contributed by atoms with Crippen LogP contribution in [-0.4, -0.2) is 10.8 Å². The van der Waals surface area contributed by atoms with E-state index < -0.39 is 0 Å². The van der Waals surface area contributed by atoms with Crippen LogP contribution in [0.4, 0.5) is 0 Å². The van der Waals surface area contributed by atoms with Gasteiger partial charge in [-0.15, -0.1) is 0 Å². The summed E-state index contributed by atoms with van der Waals surface area (Å²) in [7, 11) is 0. The first-order valence-electron chi connectivity index (χ1n) is 6.66. The van der Waals surface area contributed by atoms with E-state index in [1.807, 2.05) is 55.5 Å². The maximum absolute atomic E-state index is 12.5. The second-order valence-electron chi connectivity index (χ2n) is 4.96. The van der Waals surface area contributed by atoms with Crippen LogP contribution < -0.4 is 0 Å². The van der Waals surface area contributed by atoms with E-state index in [1.54, 1.807) is 12.3 Å². The third kappa shape index (κ3) is 2.45. The van der Waals surface area contributed by atoms with Gasteiger partial charge in [0.25, 0.3) is 0 Å². The van der Waals surface area contributed by atoms with Gasteiger partial charge in [0.2, 0.25) is 0 Å². The van der Waals surface area contributed by atoms with Crippen molar-refractivity contribution in [3.8, 4) is 0 Å². The second-order valence-corrected chi connectivity index (χ2v) is 4.96. The number of aryl methyl sites for hydroxylation is 1. The fraction of sp³-hybridized carbons (Fsp3) is 0.111. The van der Waals surface area contributed by atoms with Crippen LogP contribution in [0.3, 0.4) is 0 Å². The van der Waals surface area contributed by atoms with Crippen molar-refractivity contribution in [3.05, 3.63) is 77.5 Å². The van der Waals surface area contributed by atoms with Gasteiger partial charge in [0.05, 0.1) is 5.52 Å². The van der Waals surface area contributed by atoms with Crippen LogP contribution in [0.5, 0.6) is 0 Å². The predicted molar refractivity (Wildman–Crippen MR) is 81.0 cm³/mol. The molecule has 0 radical (unpaired) electrons. The van der Waals surface area contributed by atoms with Gasteiger partial charge in [0, 0.05) is 23.6 Å². The van der Waals surface area contributed by atoms with E-state index in [9.17, 15) is 4.79 Å². The Kier molecular flexibility index (Phi) is 3.30.